The number of aromatic nitrogens is 1. The highest BCUT2D eigenvalue weighted by Gasteiger charge is 2.46. The molecule has 3 aromatic carbocycles. The highest BCUT2D eigenvalue weighted by Crippen LogP contribution is 2.51. The van der Waals surface area contributed by atoms with E-state index >= 15 is 0 Å². The summed E-state index contributed by atoms with van der Waals surface area (Å²) < 4.78 is 5.31. The summed E-state index contributed by atoms with van der Waals surface area (Å²) in [5.74, 6) is 0. The second kappa shape index (κ2) is 5.76. The molecule has 0 unspecified atom stereocenters. The molecule has 24 heavy (non-hydrogen) atoms. The molecule has 0 saturated heterocycles. The van der Waals surface area contributed by atoms with Gasteiger partial charge in [-0.05, 0) is 23.4 Å². The van der Waals surface area contributed by atoms with Crippen LogP contribution in [0.3, 0.4) is 0 Å². The van der Waals surface area contributed by atoms with Crippen molar-refractivity contribution in [3.8, 4) is 0 Å². The molecule has 116 valence electrons. The molecule has 2 heterocycles. The van der Waals surface area contributed by atoms with Crippen molar-refractivity contribution in [1.82, 2.24) is 0 Å². The molecule has 2 atom stereocenters. The zero-order chi connectivity index (χ0) is 15.9. The molecule has 0 amide bonds. The van der Waals surface area contributed by atoms with E-state index in [2.05, 4.69) is 89.5 Å². The minimum atomic E-state index is 0.338. The lowest BCUT2D eigenvalue weighted by molar-refractivity contribution is -0.712. The molecule has 0 spiro atoms. The normalized spacial score (nSPS) is 19.5. The fourth-order valence-electron chi connectivity index (χ4n) is 3.50. The lowest BCUT2D eigenvalue weighted by Crippen LogP contribution is -2.38. The molecule has 0 radical (unpaired) electrons. The van der Waals surface area contributed by atoms with E-state index in [9.17, 15) is 0 Å². The van der Waals surface area contributed by atoms with Crippen LogP contribution in [0.25, 0.3) is 10.2 Å². The summed E-state index contributed by atoms with van der Waals surface area (Å²) in [4.78, 5) is 0. The largest absolute Gasteiger partial charge is 0.299 e. The van der Waals surface area contributed by atoms with E-state index in [0.717, 1.165) is 0 Å². The first-order valence-electron chi connectivity index (χ1n) is 8.11. The smallest absolute Gasteiger partial charge is 0.168 e. The van der Waals surface area contributed by atoms with E-state index in [1.807, 2.05) is 23.1 Å². The van der Waals surface area contributed by atoms with Crippen molar-refractivity contribution in [2.24, 2.45) is 0 Å². The van der Waals surface area contributed by atoms with Crippen molar-refractivity contribution < 1.29 is 4.57 Å². The summed E-state index contributed by atoms with van der Waals surface area (Å²) in [6, 6.07) is 30.9. The summed E-state index contributed by atoms with van der Waals surface area (Å²) in [6.07, 6.45) is 0. The molecule has 0 saturated carbocycles. The van der Waals surface area contributed by atoms with E-state index < -0.39 is 0 Å². The topological polar surface area (TPSA) is 3.88 Å². The maximum Gasteiger partial charge on any atom is 0.299 e. The molecule has 0 aliphatic carbocycles. The Labute approximate surface area is 149 Å². The standard InChI is InChI=1S/C21H16NS2/c1-3-9-15(10-4-1)19-20(16-11-5-2-6-12-16)24-21-22(19)17-13-7-8-14-18(17)23-21/h1-14,19-20H/q+1/t19-,20-/m0/s1. The summed E-state index contributed by atoms with van der Waals surface area (Å²) in [5, 5.41) is 0.421. The fourth-order valence-corrected chi connectivity index (χ4v) is 6.44. The molecular formula is C21H16NS2+. The average molecular weight is 347 g/mol. The SMILES string of the molecule is c1ccc([C@@H]2Sc3sc4ccccc4[n+]3[C@H]2c2ccccc2)cc1. The summed E-state index contributed by atoms with van der Waals surface area (Å²) in [6.45, 7) is 0. The van der Waals surface area contributed by atoms with Gasteiger partial charge in [0.05, 0.1) is 0 Å². The minimum Gasteiger partial charge on any atom is -0.168 e. The van der Waals surface area contributed by atoms with Crippen LogP contribution in [0, 0.1) is 0 Å². The number of benzene rings is 3. The molecule has 3 heteroatoms. The Hall–Kier alpha value is -2.10. The zero-order valence-electron chi connectivity index (χ0n) is 13.0. The highest BCUT2D eigenvalue weighted by molar-refractivity contribution is 8.01. The van der Waals surface area contributed by atoms with Crippen molar-refractivity contribution >= 4 is 33.3 Å². The third-order valence-electron chi connectivity index (χ3n) is 4.58. The van der Waals surface area contributed by atoms with Crippen molar-refractivity contribution in [3.05, 3.63) is 96.1 Å². The third-order valence-corrected chi connectivity index (χ3v) is 7.24. The molecule has 0 fully saturated rings. The van der Waals surface area contributed by atoms with Gasteiger partial charge in [0.15, 0.2) is 0 Å². The Morgan fingerprint density at radius 2 is 1.29 bits per heavy atom. The zero-order valence-corrected chi connectivity index (χ0v) is 14.6. The van der Waals surface area contributed by atoms with Gasteiger partial charge in [0, 0.05) is 11.6 Å². The second-order valence-electron chi connectivity index (χ2n) is 6.01. The number of para-hydroxylation sites is 1. The van der Waals surface area contributed by atoms with E-state index in [1.54, 1.807) is 0 Å². The number of fused-ring (bicyclic) bond motifs is 3. The predicted octanol–water partition coefficient (Wildman–Crippen LogP) is 5.63. The van der Waals surface area contributed by atoms with Gasteiger partial charge in [-0.3, -0.25) is 0 Å². The minimum absolute atomic E-state index is 0.338. The van der Waals surface area contributed by atoms with E-state index in [-0.39, 0.29) is 0 Å². The van der Waals surface area contributed by atoms with Crippen molar-refractivity contribution in [2.45, 2.75) is 15.6 Å². The van der Waals surface area contributed by atoms with Crippen molar-refractivity contribution in [2.75, 3.05) is 0 Å². The molecule has 1 aromatic heterocycles. The van der Waals surface area contributed by atoms with Crippen LogP contribution in [0.5, 0.6) is 0 Å². The molecule has 1 aliphatic heterocycles. The van der Waals surface area contributed by atoms with E-state index in [4.69, 9.17) is 0 Å². The number of rotatable bonds is 2. The van der Waals surface area contributed by atoms with E-state index in [0.29, 0.717) is 11.3 Å². The first-order chi connectivity index (χ1) is 11.9. The Kier molecular flexibility index (Phi) is 3.42. The lowest BCUT2D eigenvalue weighted by atomic mass is 9.98. The maximum atomic E-state index is 2.54. The maximum absolute atomic E-state index is 2.54. The molecule has 5 rings (SSSR count). The van der Waals surface area contributed by atoms with Gasteiger partial charge < -0.3 is 0 Å². The van der Waals surface area contributed by atoms with Gasteiger partial charge in [-0.2, -0.15) is 4.57 Å². The molecule has 0 N–H and O–H groups in total. The van der Waals surface area contributed by atoms with Crippen LogP contribution in [0.1, 0.15) is 22.4 Å². The molecular weight excluding hydrogens is 330 g/mol. The molecule has 0 bridgehead atoms. The molecule has 1 aliphatic rings. The van der Waals surface area contributed by atoms with Crippen molar-refractivity contribution in [1.29, 1.82) is 0 Å². The number of hydrogen-bond donors (Lipinski definition) is 0. The van der Waals surface area contributed by atoms with Crippen LogP contribution in [-0.2, 0) is 0 Å². The predicted molar refractivity (Wildman–Crippen MR) is 102 cm³/mol. The van der Waals surface area contributed by atoms with Gasteiger partial charge in [0.25, 0.3) is 4.34 Å². The van der Waals surface area contributed by atoms with Crippen LogP contribution < -0.4 is 4.57 Å². The summed E-state index contributed by atoms with van der Waals surface area (Å²) >= 11 is 3.91. The van der Waals surface area contributed by atoms with Gasteiger partial charge >= 0.3 is 0 Å². The quantitative estimate of drug-likeness (QED) is 0.426. The fraction of sp³-hybridized carbons (Fsp3) is 0.0952. The molecule has 4 aromatic rings. The van der Waals surface area contributed by atoms with Crippen LogP contribution in [0.4, 0.5) is 0 Å². The van der Waals surface area contributed by atoms with Crippen LogP contribution in [0.2, 0.25) is 0 Å². The van der Waals surface area contributed by atoms with Crippen LogP contribution >= 0.6 is 23.1 Å². The first-order valence-corrected chi connectivity index (χ1v) is 9.81. The number of thiazole rings is 1. The monoisotopic (exact) mass is 346 g/mol. The van der Waals surface area contributed by atoms with Gasteiger partial charge in [-0.1, -0.05) is 84.1 Å². The van der Waals surface area contributed by atoms with Crippen molar-refractivity contribution in [3.63, 3.8) is 0 Å². The third kappa shape index (κ3) is 2.20. The van der Waals surface area contributed by atoms with Crippen LogP contribution in [0.15, 0.2) is 89.3 Å². The lowest BCUT2D eigenvalue weighted by Gasteiger charge is -2.15. The van der Waals surface area contributed by atoms with Gasteiger partial charge in [-0.25, -0.2) is 0 Å². The number of hydrogen-bond acceptors (Lipinski definition) is 2. The average Bonchev–Trinajstić information content (AvgIpc) is 3.19. The highest BCUT2D eigenvalue weighted by atomic mass is 32.2. The second-order valence-corrected chi connectivity index (χ2v) is 8.43. The van der Waals surface area contributed by atoms with Gasteiger partial charge in [0.2, 0.25) is 11.6 Å². The Morgan fingerprint density at radius 1 is 0.667 bits per heavy atom. The number of nitrogens with zero attached hydrogens (tertiary/aromatic N) is 1. The Bertz CT molecular complexity index is 992. The Morgan fingerprint density at radius 3 is 2.04 bits per heavy atom. The Balaban J connectivity index is 1.74. The van der Waals surface area contributed by atoms with Gasteiger partial charge in [-0.15, -0.1) is 0 Å². The first kappa shape index (κ1) is 14.3. The van der Waals surface area contributed by atoms with Gasteiger partial charge in [0.1, 0.15) is 9.95 Å². The summed E-state index contributed by atoms with van der Waals surface area (Å²) in [5.41, 5.74) is 4.12. The summed E-state index contributed by atoms with van der Waals surface area (Å²) in [7, 11) is 0. The number of thioether (sulfide) groups is 1. The molecule has 1 nitrogen and oxygen atoms in total. The van der Waals surface area contributed by atoms with Crippen LogP contribution in [-0.4, -0.2) is 0 Å². The van der Waals surface area contributed by atoms with E-state index in [1.165, 1.54) is 25.7 Å².